The smallest absolute Gasteiger partial charge is 0.0432 e. The molecule has 0 aliphatic carbocycles. The molecule has 42 valence electrons. The molecule has 0 spiro atoms. The van der Waals surface area contributed by atoms with Crippen molar-refractivity contribution < 1.29 is 0 Å². The van der Waals surface area contributed by atoms with E-state index in [1.54, 1.807) is 0 Å². The Labute approximate surface area is 58.2 Å². The standard InChI is InChI=1S/C4H4N2S2/c7-3-4(8)6-2-1-5-3/h1-2H,(H,5,7)(H,6,8)/p-2. The van der Waals surface area contributed by atoms with E-state index in [2.05, 4.69) is 35.2 Å². The Balaban J connectivity index is 3.13. The van der Waals surface area contributed by atoms with Crippen LogP contribution in [-0.4, -0.2) is 9.97 Å². The molecule has 0 atom stereocenters. The Kier molecular flexibility index (Phi) is 1.55. The fourth-order valence-corrected chi connectivity index (χ4v) is 0.540. The topological polar surface area (TPSA) is 25.8 Å². The highest BCUT2D eigenvalue weighted by molar-refractivity contribution is 7.62. The van der Waals surface area contributed by atoms with Crippen molar-refractivity contribution in [3.05, 3.63) is 12.4 Å². The molecule has 2 nitrogen and oxygen atoms in total. The van der Waals surface area contributed by atoms with Crippen LogP contribution in [0.5, 0.6) is 0 Å². The molecule has 0 unspecified atom stereocenters. The molecular weight excluding hydrogens is 140 g/mol. The van der Waals surface area contributed by atoms with E-state index in [9.17, 15) is 0 Å². The molecule has 1 aromatic heterocycles. The molecule has 1 aromatic rings. The van der Waals surface area contributed by atoms with Crippen molar-refractivity contribution in [3.63, 3.8) is 0 Å². The number of hydrogen-bond acceptors (Lipinski definition) is 4. The molecule has 1 rings (SSSR count). The lowest BCUT2D eigenvalue weighted by molar-refractivity contribution is 0.928. The van der Waals surface area contributed by atoms with E-state index in [4.69, 9.17) is 0 Å². The Morgan fingerprint density at radius 2 is 1.38 bits per heavy atom. The number of nitrogens with zero attached hydrogens (tertiary/aromatic N) is 2. The summed E-state index contributed by atoms with van der Waals surface area (Å²) in [7, 11) is 0. The van der Waals surface area contributed by atoms with Gasteiger partial charge in [0.2, 0.25) is 0 Å². The van der Waals surface area contributed by atoms with Gasteiger partial charge in [-0.3, -0.25) is 9.97 Å². The summed E-state index contributed by atoms with van der Waals surface area (Å²) in [5, 5.41) is 0.810. The van der Waals surface area contributed by atoms with E-state index in [0.29, 0.717) is 10.1 Å². The van der Waals surface area contributed by atoms with Crippen molar-refractivity contribution in [2.45, 2.75) is 10.1 Å². The second kappa shape index (κ2) is 2.19. The largest absolute Gasteiger partial charge is 0.760 e. The number of aromatic nitrogens is 2. The van der Waals surface area contributed by atoms with E-state index >= 15 is 0 Å². The van der Waals surface area contributed by atoms with Crippen LogP contribution >= 0.6 is 0 Å². The molecule has 8 heavy (non-hydrogen) atoms. The third kappa shape index (κ3) is 1.02. The maximum Gasteiger partial charge on any atom is 0.0432 e. The average Bonchev–Trinajstić information content (AvgIpc) is 1.77. The Bertz CT molecular complexity index is 168. The normalized spacial score (nSPS) is 9.00. The summed E-state index contributed by atoms with van der Waals surface area (Å²) in [6.45, 7) is 0. The molecular formula is C4H2N2S2-2. The summed E-state index contributed by atoms with van der Waals surface area (Å²) >= 11 is 9.35. The molecule has 4 heteroatoms. The highest BCUT2D eigenvalue weighted by atomic mass is 32.1. The summed E-state index contributed by atoms with van der Waals surface area (Å²) in [4.78, 5) is 7.45. The number of rotatable bonds is 0. The maximum absolute atomic E-state index is 4.68. The van der Waals surface area contributed by atoms with Crippen LogP contribution in [0.25, 0.3) is 0 Å². The van der Waals surface area contributed by atoms with Crippen molar-refractivity contribution in [1.29, 1.82) is 0 Å². The highest BCUT2D eigenvalue weighted by Gasteiger charge is 1.70. The predicted octanol–water partition coefficient (Wildman–Crippen LogP) is 0.288. The van der Waals surface area contributed by atoms with E-state index < -0.39 is 0 Å². The monoisotopic (exact) mass is 142 g/mol. The predicted molar refractivity (Wildman–Crippen MR) is 33.3 cm³/mol. The van der Waals surface area contributed by atoms with E-state index in [1.807, 2.05) is 0 Å². The lowest BCUT2D eigenvalue weighted by Crippen LogP contribution is -1.85. The van der Waals surface area contributed by atoms with Crippen LogP contribution in [0, 0.1) is 0 Å². The van der Waals surface area contributed by atoms with Gasteiger partial charge in [0.25, 0.3) is 0 Å². The van der Waals surface area contributed by atoms with Crippen LogP contribution in [0.3, 0.4) is 0 Å². The second-order valence-corrected chi connectivity index (χ2v) is 1.94. The third-order valence-electron chi connectivity index (χ3n) is 0.633. The van der Waals surface area contributed by atoms with Crippen LogP contribution in [0.15, 0.2) is 22.4 Å². The molecule has 0 saturated carbocycles. The lowest BCUT2D eigenvalue weighted by atomic mass is 10.8. The summed E-state index contributed by atoms with van der Waals surface area (Å²) < 4.78 is 0. The van der Waals surface area contributed by atoms with Crippen LogP contribution in [-0.2, 0) is 25.3 Å². The third-order valence-corrected chi connectivity index (χ3v) is 1.36. The second-order valence-electron chi connectivity index (χ2n) is 1.17. The fourth-order valence-electron chi connectivity index (χ4n) is 0.312. The SMILES string of the molecule is [S-]c1nccnc1[S-]. The van der Waals surface area contributed by atoms with Gasteiger partial charge in [-0.2, -0.15) is 0 Å². The van der Waals surface area contributed by atoms with Crippen LogP contribution in [0.1, 0.15) is 0 Å². The van der Waals surface area contributed by atoms with Crippen molar-refractivity contribution in [1.82, 2.24) is 9.97 Å². The van der Waals surface area contributed by atoms with Gasteiger partial charge in [-0.15, -0.1) is 0 Å². The van der Waals surface area contributed by atoms with Crippen molar-refractivity contribution in [3.8, 4) is 0 Å². The van der Waals surface area contributed by atoms with Gasteiger partial charge in [-0.05, 0) is 0 Å². The quantitative estimate of drug-likeness (QED) is 0.486. The first-order valence-electron chi connectivity index (χ1n) is 1.96. The zero-order valence-corrected chi connectivity index (χ0v) is 5.50. The summed E-state index contributed by atoms with van der Waals surface area (Å²) in [5.74, 6) is 0. The molecule has 0 amide bonds. The summed E-state index contributed by atoms with van der Waals surface area (Å²) in [5.41, 5.74) is 0. The first-order valence-corrected chi connectivity index (χ1v) is 2.77. The van der Waals surface area contributed by atoms with Crippen molar-refractivity contribution in [2.75, 3.05) is 0 Å². The Hall–Kier alpha value is -0.480. The van der Waals surface area contributed by atoms with E-state index in [0.717, 1.165) is 0 Å². The van der Waals surface area contributed by atoms with Gasteiger partial charge < -0.3 is 25.3 Å². The van der Waals surface area contributed by atoms with Crippen LogP contribution in [0.2, 0.25) is 0 Å². The van der Waals surface area contributed by atoms with E-state index in [-0.39, 0.29) is 0 Å². The first-order chi connectivity index (χ1) is 3.80. The molecule has 0 N–H and O–H groups in total. The molecule has 0 aliphatic rings. The van der Waals surface area contributed by atoms with Gasteiger partial charge in [0.15, 0.2) is 0 Å². The van der Waals surface area contributed by atoms with Crippen LogP contribution < -0.4 is 0 Å². The van der Waals surface area contributed by atoms with Crippen molar-refractivity contribution in [2.24, 2.45) is 0 Å². The molecule has 0 aromatic carbocycles. The zero-order chi connectivity index (χ0) is 5.98. The number of hydrogen-bond donors (Lipinski definition) is 0. The minimum absolute atomic E-state index is 0.405. The molecule has 0 bridgehead atoms. The summed E-state index contributed by atoms with van der Waals surface area (Å²) in [6, 6.07) is 0. The first kappa shape index (κ1) is 5.65. The zero-order valence-electron chi connectivity index (χ0n) is 3.87. The Morgan fingerprint density at radius 3 is 1.62 bits per heavy atom. The van der Waals surface area contributed by atoms with E-state index in [1.165, 1.54) is 12.4 Å². The van der Waals surface area contributed by atoms with Gasteiger partial charge in [0.1, 0.15) is 0 Å². The van der Waals surface area contributed by atoms with Crippen LogP contribution in [0.4, 0.5) is 0 Å². The van der Waals surface area contributed by atoms with Gasteiger partial charge in [0.05, 0.1) is 0 Å². The van der Waals surface area contributed by atoms with Crippen molar-refractivity contribution >= 4 is 25.3 Å². The molecule has 0 aliphatic heterocycles. The molecule has 0 fully saturated rings. The van der Waals surface area contributed by atoms with Gasteiger partial charge >= 0.3 is 0 Å². The van der Waals surface area contributed by atoms with Gasteiger partial charge in [-0.25, -0.2) is 0 Å². The Morgan fingerprint density at radius 1 is 1.00 bits per heavy atom. The minimum atomic E-state index is 0.405. The lowest BCUT2D eigenvalue weighted by Gasteiger charge is -2.13. The molecule has 0 radical (unpaired) electrons. The fraction of sp³-hybridized carbons (Fsp3) is 0. The minimum Gasteiger partial charge on any atom is -0.760 e. The molecule has 0 saturated heterocycles. The van der Waals surface area contributed by atoms with Gasteiger partial charge in [0, 0.05) is 12.4 Å². The highest BCUT2D eigenvalue weighted by Crippen LogP contribution is 1.95. The average molecular weight is 142 g/mol. The summed E-state index contributed by atoms with van der Waals surface area (Å²) in [6.07, 6.45) is 3.05. The van der Waals surface area contributed by atoms with Gasteiger partial charge in [-0.1, -0.05) is 10.1 Å². The maximum atomic E-state index is 4.68. The molecule has 1 heterocycles.